The zero-order valence-corrected chi connectivity index (χ0v) is 12.5. The standard InChI is InChI=1S/C14H18N2O4S/c1-21-7-6-10(13(17)18)15-14(19)16-11-8-20-12-5-3-2-4-9(11)12/h2-5,10-11H,6-8H2,1H3,(H,17,18)(H2,15,16,19). The van der Waals surface area contributed by atoms with E-state index in [0.717, 1.165) is 11.3 Å². The molecule has 1 aromatic rings. The second-order valence-electron chi connectivity index (χ2n) is 4.69. The summed E-state index contributed by atoms with van der Waals surface area (Å²) in [4.78, 5) is 23.0. The first kappa shape index (κ1) is 15.5. The average molecular weight is 310 g/mol. The lowest BCUT2D eigenvalue weighted by molar-refractivity contribution is -0.139. The summed E-state index contributed by atoms with van der Waals surface area (Å²) < 4.78 is 5.47. The van der Waals surface area contributed by atoms with Crippen LogP contribution in [0.25, 0.3) is 0 Å². The third kappa shape index (κ3) is 4.04. The second-order valence-corrected chi connectivity index (χ2v) is 5.68. The Balaban J connectivity index is 1.91. The third-order valence-corrected chi connectivity index (χ3v) is 3.86. The van der Waals surface area contributed by atoms with Gasteiger partial charge in [-0.05, 0) is 24.5 Å². The van der Waals surface area contributed by atoms with E-state index in [1.54, 1.807) is 11.8 Å². The van der Waals surface area contributed by atoms with E-state index >= 15 is 0 Å². The summed E-state index contributed by atoms with van der Waals surface area (Å²) in [7, 11) is 0. The molecule has 0 saturated carbocycles. The minimum Gasteiger partial charge on any atom is -0.491 e. The lowest BCUT2D eigenvalue weighted by Crippen LogP contribution is -2.47. The van der Waals surface area contributed by atoms with Gasteiger partial charge in [-0.15, -0.1) is 0 Å². The number of aliphatic carboxylic acids is 1. The zero-order valence-electron chi connectivity index (χ0n) is 11.7. The number of para-hydroxylation sites is 1. The van der Waals surface area contributed by atoms with Gasteiger partial charge in [0.25, 0.3) is 0 Å². The maximum atomic E-state index is 11.9. The van der Waals surface area contributed by atoms with Crippen LogP contribution in [0.15, 0.2) is 24.3 Å². The van der Waals surface area contributed by atoms with Crippen molar-refractivity contribution in [3.8, 4) is 5.75 Å². The van der Waals surface area contributed by atoms with Gasteiger partial charge in [0.2, 0.25) is 0 Å². The van der Waals surface area contributed by atoms with Crippen LogP contribution >= 0.6 is 11.8 Å². The van der Waals surface area contributed by atoms with Gasteiger partial charge < -0.3 is 20.5 Å². The molecule has 0 fully saturated rings. The molecule has 114 valence electrons. The van der Waals surface area contributed by atoms with Crippen molar-refractivity contribution in [1.82, 2.24) is 10.6 Å². The fourth-order valence-corrected chi connectivity index (χ4v) is 2.60. The number of nitrogens with one attached hydrogen (secondary N) is 2. The molecule has 2 amide bonds. The fourth-order valence-electron chi connectivity index (χ4n) is 2.13. The molecule has 0 radical (unpaired) electrons. The van der Waals surface area contributed by atoms with Crippen LogP contribution in [-0.4, -0.2) is 41.8 Å². The number of benzene rings is 1. The van der Waals surface area contributed by atoms with Gasteiger partial charge in [0.1, 0.15) is 18.4 Å². The lowest BCUT2D eigenvalue weighted by Gasteiger charge is -2.17. The van der Waals surface area contributed by atoms with Crippen molar-refractivity contribution in [2.45, 2.75) is 18.5 Å². The van der Waals surface area contributed by atoms with Crippen LogP contribution in [0.4, 0.5) is 4.79 Å². The van der Waals surface area contributed by atoms with Gasteiger partial charge >= 0.3 is 12.0 Å². The van der Waals surface area contributed by atoms with E-state index in [-0.39, 0.29) is 6.04 Å². The Morgan fingerprint density at radius 3 is 2.95 bits per heavy atom. The highest BCUT2D eigenvalue weighted by Crippen LogP contribution is 2.31. The van der Waals surface area contributed by atoms with Crippen LogP contribution in [0.2, 0.25) is 0 Å². The lowest BCUT2D eigenvalue weighted by atomic mass is 10.1. The van der Waals surface area contributed by atoms with E-state index in [0.29, 0.717) is 18.8 Å². The molecule has 0 bridgehead atoms. The number of carboxylic acids is 1. The van der Waals surface area contributed by atoms with Crippen LogP contribution in [0, 0.1) is 0 Å². The predicted molar refractivity (Wildman–Crippen MR) is 80.8 cm³/mol. The van der Waals surface area contributed by atoms with E-state index in [1.807, 2.05) is 30.5 Å². The minimum atomic E-state index is -1.03. The molecular weight excluding hydrogens is 292 g/mol. The number of hydrogen-bond donors (Lipinski definition) is 3. The van der Waals surface area contributed by atoms with Crippen molar-refractivity contribution in [3.63, 3.8) is 0 Å². The molecule has 7 heteroatoms. The fraction of sp³-hybridized carbons (Fsp3) is 0.429. The molecular formula is C14H18N2O4S. The van der Waals surface area contributed by atoms with E-state index in [4.69, 9.17) is 9.84 Å². The molecule has 1 aromatic carbocycles. The van der Waals surface area contributed by atoms with Crippen LogP contribution in [0.5, 0.6) is 5.75 Å². The number of rotatable bonds is 6. The van der Waals surface area contributed by atoms with Crippen molar-refractivity contribution in [2.75, 3.05) is 18.6 Å². The maximum absolute atomic E-state index is 11.9. The average Bonchev–Trinajstić information content (AvgIpc) is 2.86. The number of carbonyl (C=O) groups is 2. The van der Waals surface area contributed by atoms with Crippen molar-refractivity contribution in [3.05, 3.63) is 29.8 Å². The molecule has 21 heavy (non-hydrogen) atoms. The zero-order chi connectivity index (χ0) is 15.2. The monoisotopic (exact) mass is 310 g/mol. The Bertz CT molecular complexity index is 523. The molecule has 1 heterocycles. The molecule has 3 N–H and O–H groups in total. The summed E-state index contributed by atoms with van der Waals surface area (Å²) in [6.45, 7) is 0.356. The number of carboxylic acid groups (broad SMARTS) is 1. The Kier molecular flexibility index (Phi) is 5.32. The summed E-state index contributed by atoms with van der Waals surface area (Å²) in [5.74, 6) is 0.398. The Hall–Kier alpha value is -1.89. The largest absolute Gasteiger partial charge is 0.491 e. The highest BCUT2D eigenvalue weighted by atomic mass is 32.2. The predicted octanol–water partition coefficient (Wildman–Crippen LogP) is 1.63. The van der Waals surface area contributed by atoms with Gasteiger partial charge in [0.05, 0.1) is 6.04 Å². The summed E-state index contributed by atoms with van der Waals surface area (Å²) in [6.07, 6.45) is 2.29. The van der Waals surface area contributed by atoms with E-state index in [1.165, 1.54) is 0 Å². The van der Waals surface area contributed by atoms with Gasteiger partial charge in [0, 0.05) is 5.56 Å². The van der Waals surface area contributed by atoms with Gasteiger partial charge in [0.15, 0.2) is 0 Å². The molecule has 6 nitrogen and oxygen atoms in total. The molecule has 2 unspecified atom stereocenters. The molecule has 0 aliphatic carbocycles. The normalized spacial score (nSPS) is 17.5. The van der Waals surface area contributed by atoms with Crippen molar-refractivity contribution in [2.24, 2.45) is 0 Å². The second kappa shape index (κ2) is 7.21. The van der Waals surface area contributed by atoms with Gasteiger partial charge in [-0.2, -0.15) is 11.8 Å². The summed E-state index contributed by atoms with van der Waals surface area (Å²) in [5.41, 5.74) is 0.906. The molecule has 0 spiro atoms. The topological polar surface area (TPSA) is 87.7 Å². The van der Waals surface area contributed by atoms with Crippen LogP contribution in [0.1, 0.15) is 18.0 Å². The summed E-state index contributed by atoms with van der Waals surface area (Å²) in [5, 5.41) is 14.3. The van der Waals surface area contributed by atoms with Crippen LogP contribution in [0.3, 0.4) is 0 Å². The van der Waals surface area contributed by atoms with Gasteiger partial charge in [-0.1, -0.05) is 18.2 Å². The molecule has 0 aromatic heterocycles. The Labute approximate surface area is 127 Å². The highest BCUT2D eigenvalue weighted by Gasteiger charge is 2.26. The third-order valence-electron chi connectivity index (χ3n) is 3.22. The van der Waals surface area contributed by atoms with Gasteiger partial charge in [-0.3, -0.25) is 0 Å². The molecule has 1 aliphatic heterocycles. The number of amides is 2. The first-order valence-corrected chi connectivity index (χ1v) is 8.01. The molecule has 2 atom stereocenters. The number of fused-ring (bicyclic) bond motifs is 1. The molecule has 0 saturated heterocycles. The number of thioether (sulfide) groups is 1. The first-order chi connectivity index (χ1) is 10.1. The highest BCUT2D eigenvalue weighted by molar-refractivity contribution is 7.98. The van der Waals surface area contributed by atoms with Crippen molar-refractivity contribution in [1.29, 1.82) is 0 Å². The van der Waals surface area contributed by atoms with E-state index < -0.39 is 18.0 Å². The minimum absolute atomic E-state index is 0.254. The van der Waals surface area contributed by atoms with Gasteiger partial charge in [-0.25, -0.2) is 9.59 Å². The maximum Gasteiger partial charge on any atom is 0.326 e. The number of urea groups is 1. The van der Waals surface area contributed by atoms with Crippen molar-refractivity contribution >= 4 is 23.8 Å². The number of ether oxygens (including phenoxy) is 1. The molecule has 2 rings (SSSR count). The molecule has 1 aliphatic rings. The summed E-state index contributed by atoms with van der Waals surface area (Å²) in [6, 6.07) is 5.84. The smallest absolute Gasteiger partial charge is 0.326 e. The number of carbonyl (C=O) groups excluding carboxylic acids is 1. The Morgan fingerprint density at radius 2 is 2.24 bits per heavy atom. The van der Waals surface area contributed by atoms with Crippen LogP contribution in [-0.2, 0) is 4.79 Å². The van der Waals surface area contributed by atoms with Crippen molar-refractivity contribution < 1.29 is 19.4 Å². The van der Waals surface area contributed by atoms with Crippen LogP contribution < -0.4 is 15.4 Å². The SMILES string of the molecule is CSCCC(NC(=O)NC1COc2ccccc21)C(=O)O. The quantitative estimate of drug-likeness (QED) is 0.743. The number of hydrogen-bond acceptors (Lipinski definition) is 4. The first-order valence-electron chi connectivity index (χ1n) is 6.62. The Morgan fingerprint density at radius 1 is 1.48 bits per heavy atom. The van der Waals surface area contributed by atoms with E-state index in [2.05, 4.69) is 10.6 Å². The summed E-state index contributed by atoms with van der Waals surface area (Å²) >= 11 is 1.54. The van der Waals surface area contributed by atoms with E-state index in [9.17, 15) is 9.59 Å².